The second-order valence-corrected chi connectivity index (χ2v) is 7.57. The molecule has 1 aliphatic rings. The van der Waals surface area contributed by atoms with Crippen LogP contribution < -0.4 is 10.1 Å². The summed E-state index contributed by atoms with van der Waals surface area (Å²) in [6.07, 6.45) is 6.25. The first kappa shape index (κ1) is 16.4. The molecule has 1 heterocycles. The van der Waals surface area contributed by atoms with E-state index in [-0.39, 0.29) is 0 Å². The summed E-state index contributed by atoms with van der Waals surface area (Å²) in [6, 6.07) is 8.60. The Hall–Kier alpha value is -1.02. The largest absolute Gasteiger partial charge is 0.494 e. The molecule has 1 fully saturated rings. The summed E-state index contributed by atoms with van der Waals surface area (Å²) in [6.45, 7) is 10.1. The Balaban J connectivity index is 1.71. The average Bonchev–Trinajstić information content (AvgIpc) is 2.43. The molecule has 1 aromatic rings. The zero-order chi connectivity index (χ0) is 15.1. The van der Waals surface area contributed by atoms with E-state index in [1.807, 2.05) is 0 Å². The van der Waals surface area contributed by atoms with Gasteiger partial charge in [0.2, 0.25) is 0 Å². The van der Waals surface area contributed by atoms with Gasteiger partial charge in [-0.3, -0.25) is 0 Å². The highest BCUT2D eigenvalue weighted by molar-refractivity contribution is 5.29. The number of rotatable bonds is 6. The van der Waals surface area contributed by atoms with Crippen LogP contribution >= 0.6 is 0 Å². The van der Waals surface area contributed by atoms with Crippen molar-refractivity contribution in [3.05, 3.63) is 29.8 Å². The molecule has 0 radical (unpaired) electrons. The van der Waals surface area contributed by atoms with E-state index in [0.717, 1.165) is 24.7 Å². The minimum absolute atomic E-state index is 0.327. The number of hydrogen-bond acceptors (Lipinski definition) is 2. The van der Waals surface area contributed by atoms with Crippen LogP contribution in [-0.2, 0) is 6.42 Å². The molecule has 1 N–H and O–H groups in total. The van der Waals surface area contributed by atoms with Crippen LogP contribution in [0.2, 0.25) is 0 Å². The van der Waals surface area contributed by atoms with E-state index in [2.05, 4.69) is 50.4 Å². The van der Waals surface area contributed by atoms with E-state index in [4.69, 9.17) is 4.74 Å². The van der Waals surface area contributed by atoms with Gasteiger partial charge in [0.25, 0.3) is 0 Å². The summed E-state index contributed by atoms with van der Waals surface area (Å²) >= 11 is 0. The van der Waals surface area contributed by atoms with Crippen LogP contribution in [-0.4, -0.2) is 19.7 Å². The maximum Gasteiger partial charge on any atom is 0.119 e. The molecule has 0 aliphatic carbocycles. The number of hydrogen-bond donors (Lipinski definition) is 1. The molecule has 0 spiro atoms. The van der Waals surface area contributed by atoms with Gasteiger partial charge in [-0.1, -0.05) is 32.9 Å². The fourth-order valence-corrected chi connectivity index (χ4v) is 3.09. The van der Waals surface area contributed by atoms with E-state index in [1.165, 1.54) is 44.3 Å². The maximum atomic E-state index is 5.94. The molecule has 2 rings (SSSR count). The first-order valence-electron chi connectivity index (χ1n) is 8.45. The minimum atomic E-state index is 0.327. The molecule has 1 aromatic carbocycles. The highest BCUT2D eigenvalue weighted by Crippen LogP contribution is 2.23. The van der Waals surface area contributed by atoms with E-state index in [0.29, 0.717) is 5.41 Å². The number of nitrogens with one attached hydrogen (secondary N) is 1. The van der Waals surface area contributed by atoms with Gasteiger partial charge in [0.1, 0.15) is 5.75 Å². The highest BCUT2D eigenvalue weighted by Gasteiger charge is 2.13. The monoisotopic (exact) mass is 289 g/mol. The van der Waals surface area contributed by atoms with Crippen molar-refractivity contribution >= 4 is 0 Å². The van der Waals surface area contributed by atoms with Gasteiger partial charge < -0.3 is 10.1 Å². The van der Waals surface area contributed by atoms with Crippen LogP contribution in [0.4, 0.5) is 0 Å². The molecule has 2 heteroatoms. The van der Waals surface area contributed by atoms with Crippen molar-refractivity contribution in [3.8, 4) is 5.75 Å². The van der Waals surface area contributed by atoms with Gasteiger partial charge in [0, 0.05) is 0 Å². The van der Waals surface area contributed by atoms with E-state index >= 15 is 0 Å². The summed E-state index contributed by atoms with van der Waals surface area (Å²) < 4.78 is 5.94. The minimum Gasteiger partial charge on any atom is -0.494 e. The fraction of sp³-hybridized carbons (Fsp3) is 0.684. The molecule has 0 unspecified atom stereocenters. The maximum absolute atomic E-state index is 5.94. The quantitative estimate of drug-likeness (QED) is 0.782. The van der Waals surface area contributed by atoms with Crippen molar-refractivity contribution in [3.63, 3.8) is 0 Å². The Bertz CT molecular complexity index is 416. The van der Waals surface area contributed by atoms with Crippen molar-refractivity contribution in [2.24, 2.45) is 11.3 Å². The third-order valence-electron chi connectivity index (χ3n) is 4.12. The van der Waals surface area contributed by atoms with Gasteiger partial charge in [-0.05, 0) is 74.2 Å². The standard InChI is InChI=1S/C19H31NO/c1-19(2,3)15-17-6-4-8-18(14-17)21-13-5-7-16-9-11-20-12-10-16/h4,6,8,14,16,20H,5,7,9-13,15H2,1-3H3. The van der Waals surface area contributed by atoms with Crippen molar-refractivity contribution in [1.29, 1.82) is 0 Å². The third-order valence-corrected chi connectivity index (χ3v) is 4.12. The first-order valence-corrected chi connectivity index (χ1v) is 8.45. The summed E-state index contributed by atoms with van der Waals surface area (Å²) in [5, 5.41) is 3.42. The normalized spacial score (nSPS) is 16.9. The van der Waals surface area contributed by atoms with Gasteiger partial charge in [0.05, 0.1) is 6.61 Å². The molecular formula is C19H31NO. The van der Waals surface area contributed by atoms with Gasteiger partial charge in [-0.15, -0.1) is 0 Å². The predicted octanol–water partition coefficient (Wildman–Crippen LogP) is 4.43. The SMILES string of the molecule is CC(C)(C)Cc1cccc(OCCCC2CCNCC2)c1. The molecular weight excluding hydrogens is 258 g/mol. The summed E-state index contributed by atoms with van der Waals surface area (Å²) in [5.41, 5.74) is 1.70. The zero-order valence-corrected chi connectivity index (χ0v) is 14.0. The molecule has 1 saturated heterocycles. The Morgan fingerprint density at radius 1 is 1.19 bits per heavy atom. The lowest BCUT2D eigenvalue weighted by molar-refractivity contribution is 0.273. The molecule has 21 heavy (non-hydrogen) atoms. The number of benzene rings is 1. The van der Waals surface area contributed by atoms with Crippen molar-refractivity contribution in [2.45, 2.75) is 52.9 Å². The Labute approximate surface area is 130 Å². The molecule has 0 bridgehead atoms. The second kappa shape index (κ2) is 7.84. The molecule has 0 atom stereocenters. The van der Waals surface area contributed by atoms with E-state index < -0.39 is 0 Å². The summed E-state index contributed by atoms with van der Waals surface area (Å²) in [4.78, 5) is 0. The lowest BCUT2D eigenvalue weighted by Crippen LogP contribution is -2.27. The third kappa shape index (κ3) is 6.52. The number of ether oxygens (including phenoxy) is 1. The topological polar surface area (TPSA) is 21.3 Å². The smallest absolute Gasteiger partial charge is 0.119 e. The number of piperidine rings is 1. The Morgan fingerprint density at radius 3 is 2.67 bits per heavy atom. The second-order valence-electron chi connectivity index (χ2n) is 7.57. The van der Waals surface area contributed by atoms with Gasteiger partial charge in [-0.25, -0.2) is 0 Å². The molecule has 0 saturated carbocycles. The lowest BCUT2D eigenvalue weighted by Gasteiger charge is -2.22. The van der Waals surface area contributed by atoms with E-state index in [1.54, 1.807) is 0 Å². The predicted molar refractivity (Wildman–Crippen MR) is 89.9 cm³/mol. The van der Waals surface area contributed by atoms with Crippen molar-refractivity contribution in [2.75, 3.05) is 19.7 Å². The van der Waals surface area contributed by atoms with Crippen LogP contribution in [0, 0.1) is 11.3 Å². The summed E-state index contributed by atoms with van der Waals surface area (Å²) in [7, 11) is 0. The van der Waals surface area contributed by atoms with Crippen molar-refractivity contribution in [1.82, 2.24) is 5.32 Å². The zero-order valence-electron chi connectivity index (χ0n) is 14.0. The highest BCUT2D eigenvalue weighted by atomic mass is 16.5. The molecule has 2 nitrogen and oxygen atoms in total. The van der Waals surface area contributed by atoms with Gasteiger partial charge in [0.15, 0.2) is 0 Å². The fourth-order valence-electron chi connectivity index (χ4n) is 3.09. The van der Waals surface area contributed by atoms with Crippen LogP contribution in [0.5, 0.6) is 5.75 Å². The van der Waals surface area contributed by atoms with Crippen LogP contribution in [0.25, 0.3) is 0 Å². The Kier molecular flexibility index (Phi) is 6.10. The lowest BCUT2D eigenvalue weighted by atomic mass is 9.88. The molecule has 118 valence electrons. The van der Waals surface area contributed by atoms with Crippen LogP contribution in [0.3, 0.4) is 0 Å². The average molecular weight is 289 g/mol. The van der Waals surface area contributed by atoms with Crippen molar-refractivity contribution < 1.29 is 4.74 Å². The molecule has 0 amide bonds. The van der Waals surface area contributed by atoms with Gasteiger partial charge >= 0.3 is 0 Å². The van der Waals surface area contributed by atoms with Gasteiger partial charge in [-0.2, -0.15) is 0 Å². The molecule has 1 aliphatic heterocycles. The first-order chi connectivity index (χ1) is 10.0. The van der Waals surface area contributed by atoms with Crippen LogP contribution in [0.15, 0.2) is 24.3 Å². The molecule has 0 aromatic heterocycles. The summed E-state index contributed by atoms with van der Waals surface area (Å²) in [5.74, 6) is 1.93. The van der Waals surface area contributed by atoms with Crippen LogP contribution in [0.1, 0.15) is 52.0 Å². The van der Waals surface area contributed by atoms with E-state index in [9.17, 15) is 0 Å². The Morgan fingerprint density at radius 2 is 1.95 bits per heavy atom.